The maximum atomic E-state index is 12.2. The van der Waals surface area contributed by atoms with Crippen LogP contribution in [0.2, 0.25) is 0 Å². The number of H-pyrrole nitrogens is 1. The van der Waals surface area contributed by atoms with E-state index < -0.39 is 0 Å². The summed E-state index contributed by atoms with van der Waals surface area (Å²) < 4.78 is 0. The molecule has 4 heteroatoms. The van der Waals surface area contributed by atoms with Crippen molar-refractivity contribution in [1.82, 2.24) is 15.5 Å². The van der Waals surface area contributed by atoms with Crippen LogP contribution in [0.1, 0.15) is 21.6 Å². The SMILES string of the molecule is Cc1[nH]nc2ccc(C(=O)NCc3ccccc3)cc12. The average Bonchev–Trinajstić information content (AvgIpc) is 2.87. The Kier molecular flexibility index (Phi) is 3.21. The van der Waals surface area contributed by atoms with Crippen LogP contribution in [0.15, 0.2) is 48.5 Å². The van der Waals surface area contributed by atoms with Crippen LogP contribution in [-0.4, -0.2) is 16.1 Å². The van der Waals surface area contributed by atoms with Gasteiger partial charge in [-0.15, -0.1) is 0 Å². The van der Waals surface area contributed by atoms with Crippen molar-refractivity contribution in [2.75, 3.05) is 0 Å². The van der Waals surface area contributed by atoms with Crippen molar-refractivity contribution in [3.63, 3.8) is 0 Å². The van der Waals surface area contributed by atoms with Crippen LogP contribution in [0.5, 0.6) is 0 Å². The number of carbonyl (C=O) groups excluding carboxylic acids is 1. The van der Waals surface area contributed by atoms with Crippen molar-refractivity contribution < 1.29 is 4.79 Å². The molecule has 100 valence electrons. The number of benzene rings is 2. The van der Waals surface area contributed by atoms with Crippen LogP contribution in [0.25, 0.3) is 10.9 Å². The van der Waals surface area contributed by atoms with E-state index in [1.54, 1.807) is 6.07 Å². The van der Waals surface area contributed by atoms with Crippen molar-refractivity contribution in [2.45, 2.75) is 13.5 Å². The van der Waals surface area contributed by atoms with Gasteiger partial charge in [-0.1, -0.05) is 30.3 Å². The minimum atomic E-state index is -0.0728. The minimum Gasteiger partial charge on any atom is -0.348 e. The number of nitrogens with one attached hydrogen (secondary N) is 2. The van der Waals surface area contributed by atoms with Gasteiger partial charge in [0, 0.05) is 23.2 Å². The molecule has 0 aliphatic carbocycles. The quantitative estimate of drug-likeness (QED) is 0.765. The largest absolute Gasteiger partial charge is 0.348 e. The van der Waals surface area contributed by atoms with Crippen LogP contribution >= 0.6 is 0 Å². The van der Waals surface area contributed by atoms with Gasteiger partial charge in [0.2, 0.25) is 0 Å². The summed E-state index contributed by atoms with van der Waals surface area (Å²) in [4.78, 5) is 12.2. The summed E-state index contributed by atoms with van der Waals surface area (Å²) >= 11 is 0. The molecule has 0 saturated heterocycles. The monoisotopic (exact) mass is 265 g/mol. The highest BCUT2D eigenvalue weighted by Crippen LogP contribution is 2.17. The fourth-order valence-electron chi connectivity index (χ4n) is 2.16. The first kappa shape index (κ1) is 12.4. The second-order valence-corrected chi connectivity index (χ2v) is 4.75. The topological polar surface area (TPSA) is 57.8 Å². The molecule has 0 aliphatic rings. The van der Waals surface area contributed by atoms with E-state index in [0.29, 0.717) is 12.1 Å². The van der Waals surface area contributed by atoms with Crippen LogP contribution in [-0.2, 0) is 6.54 Å². The standard InChI is InChI=1S/C16H15N3O/c1-11-14-9-13(7-8-15(14)19-18-11)16(20)17-10-12-5-3-2-4-6-12/h2-9H,10H2,1H3,(H,17,20)(H,18,19). The van der Waals surface area contributed by atoms with Gasteiger partial charge >= 0.3 is 0 Å². The molecule has 1 aromatic heterocycles. The Bertz CT molecular complexity index is 747. The predicted octanol–water partition coefficient (Wildman–Crippen LogP) is 2.80. The van der Waals surface area contributed by atoms with Crippen molar-refractivity contribution in [2.24, 2.45) is 0 Å². The molecule has 1 amide bonds. The van der Waals surface area contributed by atoms with Crippen LogP contribution in [0.4, 0.5) is 0 Å². The third kappa shape index (κ3) is 2.40. The normalized spacial score (nSPS) is 10.7. The first-order valence-electron chi connectivity index (χ1n) is 6.51. The van der Waals surface area contributed by atoms with Gasteiger partial charge in [-0.3, -0.25) is 9.89 Å². The van der Waals surface area contributed by atoms with E-state index in [1.165, 1.54) is 0 Å². The molecule has 2 aromatic carbocycles. The van der Waals surface area contributed by atoms with Gasteiger partial charge in [0.25, 0.3) is 5.91 Å². The molecule has 20 heavy (non-hydrogen) atoms. The van der Waals surface area contributed by atoms with Crippen LogP contribution in [0.3, 0.4) is 0 Å². The van der Waals surface area contributed by atoms with E-state index in [1.807, 2.05) is 49.4 Å². The molecular formula is C16H15N3O. The first-order chi connectivity index (χ1) is 9.74. The lowest BCUT2D eigenvalue weighted by Crippen LogP contribution is -2.22. The molecule has 1 heterocycles. The smallest absolute Gasteiger partial charge is 0.251 e. The van der Waals surface area contributed by atoms with Crippen molar-refractivity contribution in [1.29, 1.82) is 0 Å². The third-order valence-corrected chi connectivity index (χ3v) is 3.30. The predicted molar refractivity (Wildman–Crippen MR) is 78.4 cm³/mol. The first-order valence-corrected chi connectivity index (χ1v) is 6.51. The second-order valence-electron chi connectivity index (χ2n) is 4.75. The molecule has 2 N–H and O–H groups in total. The zero-order valence-corrected chi connectivity index (χ0v) is 11.2. The number of carbonyl (C=O) groups is 1. The number of aromatic nitrogens is 2. The van der Waals surface area contributed by atoms with E-state index in [9.17, 15) is 4.79 Å². The Morgan fingerprint density at radius 3 is 2.80 bits per heavy atom. The summed E-state index contributed by atoms with van der Waals surface area (Å²) in [6, 6.07) is 15.4. The Balaban J connectivity index is 1.77. The van der Waals surface area contributed by atoms with Gasteiger partial charge in [0.1, 0.15) is 0 Å². The van der Waals surface area contributed by atoms with Crippen LogP contribution < -0.4 is 5.32 Å². The van der Waals surface area contributed by atoms with Gasteiger partial charge in [0.05, 0.1) is 5.52 Å². The number of aromatic amines is 1. The number of rotatable bonds is 3. The maximum Gasteiger partial charge on any atom is 0.251 e. The lowest BCUT2D eigenvalue weighted by atomic mass is 10.1. The number of fused-ring (bicyclic) bond motifs is 1. The van der Waals surface area contributed by atoms with Crippen LogP contribution in [0, 0.1) is 6.92 Å². The van der Waals surface area contributed by atoms with E-state index in [0.717, 1.165) is 22.2 Å². The molecular weight excluding hydrogens is 250 g/mol. The summed E-state index contributed by atoms with van der Waals surface area (Å²) in [6.07, 6.45) is 0. The van der Waals surface area contributed by atoms with Gasteiger partial charge in [-0.2, -0.15) is 5.10 Å². The highest BCUT2D eigenvalue weighted by atomic mass is 16.1. The second kappa shape index (κ2) is 5.17. The van der Waals surface area contributed by atoms with Gasteiger partial charge in [0.15, 0.2) is 0 Å². The molecule has 3 aromatic rings. The molecule has 0 fully saturated rings. The number of hydrogen-bond acceptors (Lipinski definition) is 2. The average molecular weight is 265 g/mol. The van der Waals surface area contributed by atoms with E-state index in [-0.39, 0.29) is 5.91 Å². The Labute approximate surface area is 116 Å². The lowest BCUT2D eigenvalue weighted by Gasteiger charge is -2.05. The molecule has 0 radical (unpaired) electrons. The fourth-order valence-corrected chi connectivity index (χ4v) is 2.16. The Morgan fingerprint density at radius 1 is 1.20 bits per heavy atom. The maximum absolute atomic E-state index is 12.2. The summed E-state index contributed by atoms with van der Waals surface area (Å²) in [5, 5.41) is 11.0. The van der Waals surface area contributed by atoms with Gasteiger partial charge in [-0.05, 0) is 30.7 Å². The third-order valence-electron chi connectivity index (χ3n) is 3.30. The van der Waals surface area contributed by atoms with E-state index in [2.05, 4.69) is 15.5 Å². The van der Waals surface area contributed by atoms with Gasteiger partial charge < -0.3 is 5.32 Å². The molecule has 0 atom stereocenters. The lowest BCUT2D eigenvalue weighted by molar-refractivity contribution is 0.0951. The number of nitrogens with zero attached hydrogens (tertiary/aromatic N) is 1. The molecule has 0 aliphatic heterocycles. The van der Waals surface area contributed by atoms with E-state index in [4.69, 9.17) is 0 Å². The van der Waals surface area contributed by atoms with Crippen molar-refractivity contribution in [3.8, 4) is 0 Å². The summed E-state index contributed by atoms with van der Waals surface area (Å²) in [5.41, 5.74) is 3.58. The van der Waals surface area contributed by atoms with E-state index >= 15 is 0 Å². The fraction of sp³-hybridized carbons (Fsp3) is 0.125. The summed E-state index contributed by atoms with van der Waals surface area (Å²) in [6.45, 7) is 2.48. The highest BCUT2D eigenvalue weighted by Gasteiger charge is 2.08. The number of aryl methyl sites for hydroxylation is 1. The van der Waals surface area contributed by atoms with Crippen molar-refractivity contribution in [3.05, 3.63) is 65.4 Å². The molecule has 0 saturated carbocycles. The molecule has 0 spiro atoms. The van der Waals surface area contributed by atoms with Gasteiger partial charge in [-0.25, -0.2) is 0 Å². The highest BCUT2D eigenvalue weighted by molar-refractivity contribution is 5.98. The minimum absolute atomic E-state index is 0.0728. The van der Waals surface area contributed by atoms with Crippen molar-refractivity contribution >= 4 is 16.8 Å². The summed E-state index contributed by atoms with van der Waals surface area (Å²) in [7, 11) is 0. The Morgan fingerprint density at radius 2 is 2.00 bits per heavy atom. The molecule has 3 rings (SSSR count). The zero-order valence-electron chi connectivity index (χ0n) is 11.2. The number of hydrogen-bond donors (Lipinski definition) is 2. The Hall–Kier alpha value is -2.62. The number of amides is 1. The molecule has 0 bridgehead atoms. The molecule has 4 nitrogen and oxygen atoms in total. The zero-order chi connectivity index (χ0) is 13.9. The summed E-state index contributed by atoms with van der Waals surface area (Å²) in [5.74, 6) is -0.0728. The molecule has 0 unspecified atom stereocenters.